The van der Waals surface area contributed by atoms with Gasteiger partial charge in [0.1, 0.15) is 16.6 Å². The third-order valence-electron chi connectivity index (χ3n) is 3.68. The van der Waals surface area contributed by atoms with E-state index in [1.165, 1.54) is 47.3 Å². The highest BCUT2D eigenvalue weighted by Gasteiger charge is 2.28. The zero-order valence-electron chi connectivity index (χ0n) is 14.7. The molecule has 0 fully saturated rings. The maximum Gasteiger partial charge on any atom is 0.422 e. The predicted molar refractivity (Wildman–Crippen MR) is 98.7 cm³/mol. The van der Waals surface area contributed by atoms with E-state index in [1.807, 2.05) is 0 Å². The van der Waals surface area contributed by atoms with Gasteiger partial charge in [0.15, 0.2) is 12.4 Å². The average molecular weight is 428 g/mol. The molecule has 1 heterocycles. The van der Waals surface area contributed by atoms with Gasteiger partial charge in [0.25, 0.3) is 5.91 Å². The van der Waals surface area contributed by atoms with Crippen LogP contribution < -0.4 is 10.1 Å². The van der Waals surface area contributed by atoms with Crippen LogP contribution in [0.2, 0.25) is 5.02 Å². The molecule has 3 aromatic rings. The van der Waals surface area contributed by atoms with Crippen LogP contribution in [0.4, 0.5) is 23.4 Å². The number of alkyl halides is 3. The summed E-state index contributed by atoms with van der Waals surface area (Å²) < 4.78 is 56.1. The monoisotopic (exact) mass is 427 g/mol. The molecular weight excluding hydrogens is 414 g/mol. The average Bonchev–Trinajstić information content (AvgIpc) is 2.98. The number of nitrogens with one attached hydrogen (secondary N) is 1. The Labute approximate surface area is 167 Å². The maximum atomic E-state index is 13.3. The van der Waals surface area contributed by atoms with Gasteiger partial charge in [-0.15, -0.1) is 0 Å². The Hall–Kier alpha value is -3.07. The number of aromatic nitrogens is 2. The molecule has 0 aliphatic rings. The summed E-state index contributed by atoms with van der Waals surface area (Å²) in [5.74, 6) is -1.05. The number of hydrogen-bond acceptors (Lipinski definition) is 3. The molecule has 0 spiro atoms. The van der Waals surface area contributed by atoms with E-state index in [0.717, 1.165) is 0 Å². The molecule has 1 N–H and O–H groups in total. The number of carbonyl (C=O) groups excluding carboxylic acids is 1. The molecule has 0 aliphatic carbocycles. The van der Waals surface area contributed by atoms with Crippen LogP contribution in [0.1, 0.15) is 15.9 Å². The van der Waals surface area contributed by atoms with Gasteiger partial charge in [-0.05, 0) is 35.9 Å². The Kier molecular flexibility index (Phi) is 6.07. The molecule has 0 atom stereocenters. The van der Waals surface area contributed by atoms with Crippen molar-refractivity contribution in [2.45, 2.75) is 12.7 Å². The summed E-state index contributed by atoms with van der Waals surface area (Å²) in [5.41, 5.74) is 0.719. The Bertz CT molecular complexity index is 1020. The highest BCUT2D eigenvalue weighted by Crippen LogP contribution is 2.23. The number of amides is 1. The molecule has 0 saturated carbocycles. The number of carbonyl (C=O) groups is 1. The van der Waals surface area contributed by atoms with E-state index in [-0.39, 0.29) is 34.5 Å². The zero-order valence-corrected chi connectivity index (χ0v) is 15.5. The second-order valence-electron chi connectivity index (χ2n) is 6.04. The van der Waals surface area contributed by atoms with Crippen molar-refractivity contribution in [1.29, 1.82) is 0 Å². The Morgan fingerprint density at radius 3 is 2.66 bits per heavy atom. The number of benzene rings is 2. The number of hydrogen-bond donors (Lipinski definition) is 1. The number of halogens is 5. The molecule has 1 amide bonds. The lowest BCUT2D eigenvalue weighted by molar-refractivity contribution is -0.153. The fraction of sp³-hybridized carbons (Fsp3) is 0.158. The van der Waals surface area contributed by atoms with E-state index in [9.17, 15) is 22.4 Å². The van der Waals surface area contributed by atoms with Gasteiger partial charge >= 0.3 is 6.18 Å². The van der Waals surface area contributed by atoms with Crippen LogP contribution in [0.3, 0.4) is 0 Å². The maximum absolute atomic E-state index is 13.3. The molecule has 0 saturated heterocycles. The Morgan fingerprint density at radius 2 is 1.93 bits per heavy atom. The van der Waals surface area contributed by atoms with Crippen molar-refractivity contribution >= 4 is 23.3 Å². The molecule has 0 bridgehead atoms. The van der Waals surface area contributed by atoms with E-state index in [2.05, 4.69) is 15.2 Å². The van der Waals surface area contributed by atoms with Gasteiger partial charge in [-0.25, -0.2) is 4.39 Å². The van der Waals surface area contributed by atoms with Gasteiger partial charge in [0, 0.05) is 11.8 Å². The van der Waals surface area contributed by atoms with Gasteiger partial charge in [-0.2, -0.15) is 18.3 Å². The topological polar surface area (TPSA) is 56.2 Å². The predicted octanol–water partition coefficient (Wildman–Crippen LogP) is 4.92. The van der Waals surface area contributed by atoms with Gasteiger partial charge < -0.3 is 10.1 Å². The molecule has 0 unspecified atom stereocenters. The summed E-state index contributed by atoms with van der Waals surface area (Å²) >= 11 is 6.08. The standard InChI is InChI=1S/C19H14ClF4N3O2/c20-16-10-27(9-12-3-1-5-14(21)7-12)26-17(16)25-18(28)13-4-2-6-15(8-13)29-11-19(22,23)24/h1-8,10H,9,11H2,(H,25,26,28). The minimum absolute atomic E-state index is 0.0645. The lowest BCUT2D eigenvalue weighted by Crippen LogP contribution is -2.19. The van der Waals surface area contributed by atoms with Gasteiger partial charge in [0.05, 0.1) is 6.54 Å². The largest absolute Gasteiger partial charge is 0.484 e. The van der Waals surface area contributed by atoms with E-state index in [0.29, 0.717) is 5.56 Å². The van der Waals surface area contributed by atoms with Crippen molar-refractivity contribution in [2.24, 2.45) is 0 Å². The summed E-state index contributed by atoms with van der Waals surface area (Å²) in [5, 5.41) is 6.78. The zero-order chi connectivity index (χ0) is 21.0. The van der Waals surface area contributed by atoms with Crippen molar-refractivity contribution in [2.75, 3.05) is 11.9 Å². The van der Waals surface area contributed by atoms with Crippen LogP contribution in [0.15, 0.2) is 54.7 Å². The minimum atomic E-state index is -4.49. The SMILES string of the molecule is O=C(Nc1nn(Cc2cccc(F)c2)cc1Cl)c1cccc(OCC(F)(F)F)c1. The second-order valence-corrected chi connectivity index (χ2v) is 6.45. The van der Waals surface area contributed by atoms with Crippen LogP contribution >= 0.6 is 11.6 Å². The van der Waals surface area contributed by atoms with Crippen LogP contribution in [-0.4, -0.2) is 28.5 Å². The molecule has 1 aromatic heterocycles. The first-order chi connectivity index (χ1) is 13.7. The van der Waals surface area contributed by atoms with E-state index in [1.54, 1.807) is 12.1 Å². The number of anilines is 1. The lowest BCUT2D eigenvalue weighted by atomic mass is 10.2. The van der Waals surface area contributed by atoms with Crippen molar-refractivity contribution in [1.82, 2.24) is 9.78 Å². The Morgan fingerprint density at radius 1 is 1.17 bits per heavy atom. The fourth-order valence-electron chi connectivity index (χ4n) is 2.46. The van der Waals surface area contributed by atoms with Crippen molar-refractivity contribution in [3.05, 3.63) is 76.7 Å². The lowest BCUT2D eigenvalue weighted by Gasteiger charge is -2.10. The summed E-state index contributed by atoms with van der Waals surface area (Å²) in [6.07, 6.45) is -3.02. The third-order valence-corrected chi connectivity index (χ3v) is 3.96. The molecule has 29 heavy (non-hydrogen) atoms. The summed E-state index contributed by atoms with van der Waals surface area (Å²) in [6.45, 7) is -1.23. The summed E-state index contributed by atoms with van der Waals surface area (Å²) in [4.78, 5) is 12.4. The van der Waals surface area contributed by atoms with E-state index >= 15 is 0 Å². The number of nitrogens with zero attached hydrogens (tertiary/aromatic N) is 2. The van der Waals surface area contributed by atoms with Gasteiger partial charge in [0.2, 0.25) is 0 Å². The van der Waals surface area contributed by atoms with Crippen LogP contribution in [0.5, 0.6) is 5.75 Å². The number of ether oxygens (including phenoxy) is 1. The molecular formula is C19H14ClF4N3O2. The molecule has 152 valence electrons. The first-order valence-corrected chi connectivity index (χ1v) is 8.66. The fourth-order valence-corrected chi connectivity index (χ4v) is 2.65. The molecule has 2 aromatic carbocycles. The van der Waals surface area contributed by atoms with Crippen LogP contribution in [0.25, 0.3) is 0 Å². The smallest absolute Gasteiger partial charge is 0.422 e. The van der Waals surface area contributed by atoms with Crippen molar-refractivity contribution in [3.63, 3.8) is 0 Å². The Balaban J connectivity index is 1.68. The van der Waals surface area contributed by atoms with Crippen LogP contribution in [-0.2, 0) is 6.54 Å². The summed E-state index contributed by atoms with van der Waals surface area (Å²) in [6, 6.07) is 11.2. The summed E-state index contributed by atoms with van der Waals surface area (Å²) in [7, 11) is 0. The van der Waals surface area contributed by atoms with Crippen LogP contribution in [0, 0.1) is 5.82 Å². The van der Waals surface area contributed by atoms with E-state index < -0.39 is 18.7 Å². The first-order valence-electron chi connectivity index (χ1n) is 8.28. The normalized spacial score (nSPS) is 11.3. The minimum Gasteiger partial charge on any atom is -0.484 e. The molecule has 0 aliphatic heterocycles. The number of rotatable bonds is 6. The molecule has 0 radical (unpaired) electrons. The van der Waals surface area contributed by atoms with Gasteiger partial charge in [-0.3, -0.25) is 9.48 Å². The second kappa shape index (κ2) is 8.52. The van der Waals surface area contributed by atoms with Crippen molar-refractivity contribution < 1.29 is 27.1 Å². The molecule has 10 heteroatoms. The van der Waals surface area contributed by atoms with Gasteiger partial charge in [-0.1, -0.05) is 29.8 Å². The highest BCUT2D eigenvalue weighted by atomic mass is 35.5. The van der Waals surface area contributed by atoms with E-state index in [4.69, 9.17) is 11.6 Å². The third kappa shape index (κ3) is 5.95. The molecule has 5 nitrogen and oxygen atoms in total. The highest BCUT2D eigenvalue weighted by molar-refractivity contribution is 6.33. The molecule has 3 rings (SSSR count). The van der Waals surface area contributed by atoms with Crippen molar-refractivity contribution in [3.8, 4) is 5.75 Å². The quantitative estimate of drug-likeness (QED) is 0.568. The first kappa shape index (κ1) is 20.7.